The van der Waals surface area contributed by atoms with E-state index in [1.165, 1.54) is 16.5 Å². The lowest BCUT2D eigenvalue weighted by Crippen LogP contribution is -2.23. The molecule has 0 saturated carbocycles. The molecule has 0 fully saturated rings. The van der Waals surface area contributed by atoms with Crippen molar-refractivity contribution >= 4 is 17.2 Å². The molecule has 0 unspecified atom stereocenters. The fourth-order valence-electron chi connectivity index (χ4n) is 2.21. The number of H-pyrrole nitrogens is 1. The van der Waals surface area contributed by atoms with Gasteiger partial charge in [-0.05, 0) is 43.0 Å². The molecule has 84 valence electrons. The smallest absolute Gasteiger partial charge is 0.137 e. The van der Waals surface area contributed by atoms with E-state index in [0.717, 1.165) is 17.4 Å². The van der Waals surface area contributed by atoms with Crippen LogP contribution in [0, 0.1) is 13.8 Å². The number of aldehydes is 1. The number of hydrogen-bond acceptors (Lipinski definition) is 2. The van der Waals surface area contributed by atoms with E-state index in [0.29, 0.717) is 6.42 Å². The topological polar surface area (TPSA) is 58.9 Å². The molecular weight excluding hydrogens is 200 g/mol. The summed E-state index contributed by atoms with van der Waals surface area (Å²) in [5, 5.41) is 1.20. The van der Waals surface area contributed by atoms with Crippen LogP contribution in [0.2, 0.25) is 0 Å². The van der Waals surface area contributed by atoms with Gasteiger partial charge in [-0.2, -0.15) is 0 Å². The first-order valence-electron chi connectivity index (χ1n) is 5.40. The number of carbonyl (C=O) groups is 1. The van der Waals surface area contributed by atoms with E-state index in [2.05, 4.69) is 31.0 Å². The second kappa shape index (κ2) is 4.10. The average molecular weight is 216 g/mol. The van der Waals surface area contributed by atoms with Gasteiger partial charge in [0.05, 0.1) is 6.04 Å². The van der Waals surface area contributed by atoms with Gasteiger partial charge < -0.3 is 15.5 Å². The van der Waals surface area contributed by atoms with Gasteiger partial charge in [0.15, 0.2) is 0 Å². The molecule has 2 aromatic rings. The molecule has 0 aliphatic carbocycles. The Bertz CT molecular complexity index is 528. The Balaban J connectivity index is 2.51. The van der Waals surface area contributed by atoms with Crippen molar-refractivity contribution in [2.24, 2.45) is 5.73 Å². The SMILES string of the molecule is Cc1cc(C)c2c(C[C@H](N)C=O)c[nH]c2c1. The first-order chi connectivity index (χ1) is 7.61. The van der Waals surface area contributed by atoms with Gasteiger partial charge in [-0.25, -0.2) is 0 Å². The van der Waals surface area contributed by atoms with E-state index >= 15 is 0 Å². The Hall–Kier alpha value is -1.61. The fourth-order valence-corrected chi connectivity index (χ4v) is 2.21. The molecule has 0 bridgehead atoms. The van der Waals surface area contributed by atoms with Crippen LogP contribution in [0.1, 0.15) is 16.7 Å². The predicted octanol–water partition coefficient (Wildman–Crippen LogP) is 1.85. The van der Waals surface area contributed by atoms with Crippen molar-refractivity contribution in [3.05, 3.63) is 35.0 Å². The van der Waals surface area contributed by atoms with E-state index in [4.69, 9.17) is 5.73 Å². The van der Waals surface area contributed by atoms with Gasteiger partial charge in [0.2, 0.25) is 0 Å². The summed E-state index contributed by atoms with van der Waals surface area (Å²) in [4.78, 5) is 13.8. The van der Waals surface area contributed by atoms with E-state index in [9.17, 15) is 4.79 Å². The molecule has 0 radical (unpaired) electrons. The maximum absolute atomic E-state index is 10.6. The molecule has 0 aliphatic heterocycles. The summed E-state index contributed by atoms with van der Waals surface area (Å²) in [5.41, 5.74) is 10.3. The first-order valence-corrected chi connectivity index (χ1v) is 5.40. The minimum absolute atomic E-state index is 0.417. The maximum atomic E-state index is 10.6. The quantitative estimate of drug-likeness (QED) is 0.769. The number of aryl methyl sites for hydroxylation is 2. The van der Waals surface area contributed by atoms with E-state index in [-0.39, 0.29) is 0 Å². The van der Waals surface area contributed by atoms with Crippen LogP contribution in [0.25, 0.3) is 10.9 Å². The first kappa shape index (κ1) is 10.9. The molecule has 3 N–H and O–H groups in total. The lowest BCUT2D eigenvalue weighted by molar-refractivity contribution is -0.108. The molecule has 2 rings (SSSR count). The zero-order chi connectivity index (χ0) is 11.7. The highest BCUT2D eigenvalue weighted by Crippen LogP contribution is 2.24. The van der Waals surface area contributed by atoms with Crippen LogP contribution in [0.4, 0.5) is 0 Å². The zero-order valence-electron chi connectivity index (χ0n) is 9.58. The third-order valence-corrected chi connectivity index (χ3v) is 2.83. The summed E-state index contributed by atoms with van der Waals surface area (Å²) in [7, 11) is 0. The number of hydrogen-bond donors (Lipinski definition) is 2. The van der Waals surface area contributed by atoms with Crippen LogP contribution in [-0.2, 0) is 11.2 Å². The summed E-state index contributed by atoms with van der Waals surface area (Å²) in [5.74, 6) is 0. The number of nitrogens with one attached hydrogen (secondary N) is 1. The molecule has 0 saturated heterocycles. The normalized spacial score (nSPS) is 12.9. The highest BCUT2D eigenvalue weighted by atomic mass is 16.1. The Kier molecular flexibility index (Phi) is 2.79. The van der Waals surface area contributed by atoms with Crippen molar-refractivity contribution < 1.29 is 4.79 Å². The zero-order valence-corrected chi connectivity index (χ0v) is 9.58. The Morgan fingerprint density at radius 2 is 2.19 bits per heavy atom. The number of nitrogens with two attached hydrogens (primary N) is 1. The van der Waals surface area contributed by atoms with Gasteiger partial charge in [0, 0.05) is 17.1 Å². The highest BCUT2D eigenvalue weighted by molar-refractivity contribution is 5.87. The van der Waals surface area contributed by atoms with Crippen LogP contribution in [0.5, 0.6) is 0 Å². The molecule has 1 aromatic heterocycles. The monoisotopic (exact) mass is 216 g/mol. The number of rotatable bonds is 3. The third-order valence-electron chi connectivity index (χ3n) is 2.83. The molecule has 16 heavy (non-hydrogen) atoms. The number of benzene rings is 1. The summed E-state index contributed by atoms with van der Waals surface area (Å²) < 4.78 is 0. The van der Waals surface area contributed by atoms with E-state index < -0.39 is 6.04 Å². The molecule has 3 heteroatoms. The second-order valence-electron chi connectivity index (χ2n) is 4.32. The molecule has 1 aromatic carbocycles. The molecule has 1 heterocycles. The van der Waals surface area contributed by atoms with Crippen molar-refractivity contribution in [1.29, 1.82) is 0 Å². The molecule has 0 aliphatic rings. The van der Waals surface area contributed by atoms with Gasteiger partial charge in [-0.3, -0.25) is 0 Å². The molecule has 1 atom stereocenters. The van der Waals surface area contributed by atoms with E-state index in [1.807, 2.05) is 6.20 Å². The minimum atomic E-state index is -0.417. The van der Waals surface area contributed by atoms with Crippen LogP contribution in [0.3, 0.4) is 0 Å². The van der Waals surface area contributed by atoms with Crippen molar-refractivity contribution in [3.8, 4) is 0 Å². The predicted molar refractivity (Wildman–Crippen MR) is 65.5 cm³/mol. The minimum Gasteiger partial charge on any atom is -0.361 e. The van der Waals surface area contributed by atoms with Crippen LogP contribution < -0.4 is 5.73 Å². The number of aromatic nitrogens is 1. The number of carbonyl (C=O) groups excluding carboxylic acids is 1. The fraction of sp³-hybridized carbons (Fsp3) is 0.308. The Morgan fingerprint density at radius 1 is 1.44 bits per heavy atom. The third kappa shape index (κ3) is 1.86. The van der Waals surface area contributed by atoms with Gasteiger partial charge >= 0.3 is 0 Å². The summed E-state index contributed by atoms with van der Waals surface area (Å²) in [6, 6.07) is 3.84. The molecule has 3 nitrogen and oxygen atoms in total. The van der Waals surface area contributed by atoms with Crippen LogP contribution in [0.15, 0.2) is 18.3 Å². The lowest BCUT2D eigenvalue weighted by atomic mass is 10.0. The highest BCUT2D eigenvalue weighted by Gasteiger charge is 2.10. The van der Waals surface area contributed by atoms with Crippen molar-refractivity contribution in [2.45, 2.75) is 26.3 Å². The molecule has 0 spiro atoms. The average Bonchev–Trinajstić information content (AvgIpc) is 2.61. The van der Waals surface area contributed by atoms with Gasteiger partial charge in [-0.1, -0.05) is 6.07 Å². The molecular formula is C13H16N2O. The molecule has 0 amide bonds. The van der Waals surface area contributed by atoms with Gasteiger partial charge in [-0.15, -0.1) is 0 Å². The lowest BCUT2D eigenvalue weighted by Gasteiger charge is -2.05. The summed E-state index contributed by atoms with van der Waals surface area (Å²) in [6.07, 6.45) is 3.33. The van der Waals surface area contributed by atoms with Crippen LogP contribution >= 0.6 is 0 Å². The Morgan fingerprint density at radius 3 is 2.88 bits per heavy atom. The van der Waals surface area contributed by atoms with Crippen molar-refractivity contribution in [1.82, 2.24) is 4.98 Å². The van der Waals surface area contributed by atoms with Gasteiger partial charge in [0.1, 0.15) is 6.29 Å². The second-order valence-corrected chi connectivity index (χ2v) is 4.32. The van der Waals surface area contributed by atoms with E-state index in [1.54, 1.807) is 0 Å². The summed E-state index contributed by atoms with van der Waals surface area (Å²) >= 11 is 0. The van der Waals surface area contributed by atoms with Gasteiger partial charge in [0.25, 0.3) is 0 Å². The number of fused-ring (bicyclic) bond motifs is 1. The van der Waals surface area contributed by atoms with Crippen LogP contribution in [-0.4, -0.2) is 17.3 Å². The Labute approximate surface area is 94.6 Å². The largest absolute Gasteiger partial charge is 0.361 e. The summed E-state index contributed by atoms with van der Waals surface area (Å²) in [6.45, 7) is 4.16. The van der Waals surface area contributed by atoms with Crippen molar-refractivity contribution in [3.63, 3.8) is 0 Å². The maximum Gasteiger partial charge on any atom is 0.137 e. The standard InChI is InChI=1S/C13H16N2O/c1-8-3-9(2)13-10(5-11(14)7-16)6-15-12(13)4-8/h3-4,6-7,11,15H,5,14H2,1-2H3/t11-/m0/s1. The van der Waals surface area contributed by atoms with Crippen molar-refractivity contribution in [2.75, 3.05) is 0 Å². The number of aromatic amines is 1.